The number of rotatable bonds is 9. The standard InChI is InChI=1S/C23H37N3O5S/c1-4-6-7-19(5-2)23(27)25-12-10-24(11-13-25)21-18-20(8-9-22(21)30-3)32(28,29)26-14-16-31-17-15-26/h8-9,18-19H,4-7,10-17H2,1-3H3/t19-/m1/s1. The van der Waals surface area contributed by atoms with Crippen molar-refractivity contribution in [2.24, 2.45) is 5.92 Å². The molecule has 0 spiro atoms. The molecule has 2 fully saturated rings. The van der Waals surface area contributed by atoms with Crippen LogP contribution in [0.5, 0.6) is 5.75 Å². The average Bonchev–Trinajstić information content (AvgIpc) is 2.84. The van der Waals surface area contributed by atoms with Crippen molar-refractivity contribution in [1.29, 1.82) is 0 Å². The highest BCUT2D eigenvalue weighted by molar-refractivity contribution is 7.89. The van der Waals surface area contributed by atoms with E-state index in [1.165, 1.54) is 4.31 Å². The minimum absolute atomic E-state index is 0.0954. The number of piperazine rings is 1. The van der Waals surface area contributed by atoms with Crippen molar-refractivity contribution in [2.45, 2.75) is 44.4 Å². The van der Waals surface area contributed by atoms with Crippen molar-refractivity contribution in [3.8, 4) is 5.75 Å². The van der Waals surface area contributed by atoms with Gasteiger partial charge in [0.15, 0.2) is 0 Å². The summed E-state index contributed by atoms with van der Waals surface area (Å²) in [7, 11) is -2.00. The fraction of sp³-hybridized carbons (Fsp3) is 0.696. The second-order valence-electron chi connectivity index (χ2n) is 8.41. The van der Waals surface area contributed by atoms with Gasteiger partial charge >= 0.3 is 0 Å². The number of carbonyl (C=O) groups excluding carboxylic acids is 1. The Bertz CT molecular complexity index is 862. The first kappa shape index (κ1) is 24.8. The van der Waals surface area contributed by atoms with E-state index in [4.69, 9.17) is 9.47 Å². The zero-order valence-electron chi connectivity index (χ0n) is 19.6. The van der Waals surface area contributed by atoms with E-state index in [2.05, 4.69) is 18.7 Å². The fourth-order valence-corrected chi connectivity index (χ4v) is 5.82. The van der Waals surface area contributed by atoms with Crippen LogP contribution in [0.15, 0.2) is 23.1 Å². The number of sulfonamides is 1. The third-order valence-corrected chi connectivity index (χ3v) is 8.33. The minimum Gasteiger partial charge on any atom is -0.495 e. The Kier molecular flexibility index (Phi) is 8.79. The van der Waals surface area contributed by atoms with Crippen LogP contribution in [0.4, 0.5) is 5.69 Å². The summed E-state index contributed by atoms with van der Waals surface area (Å²) in [6.45, 7) is 8.33. The van der Waals surface area contributed by atoms with Crippen molar-refractivity contribution in [1.82, 2.24) is 9.21 Å². The lowest BCUT2D eigenvalue weighted by molar-refractivity contribution is -0.136. The van der Waals surface area contributed by atoms with Gasteiger partial charge in [-0.05, 0) is 31.0 Å². The smallest absolute Gasteiger partial charge is 0.243 e. The number of amides is 1. The number of unbranched alkanes of at least 4 members (excludes halogenated alkanes) is 1. The van der Waals surface area contributed by atoms with E-state index in [0.717, 1.165) is 31.4 Å². The van der Waals surface area contributed by atoms with Crippen LogP contribution in [-0.4, -0.2) is 83.1 Å². The van der Waals surface area contributed by atoms with Gasteiger partial charge in [0.1, 0.15) is 5.75 Å². The van der Waals surface area contributed by atoms with Gasteiger partial charge in [0.2, 0.25) is 15.9 Å². The van der Waals surface area contributed by atoms with E-state index in [1.807, 2.05) is 4.90 Å². The summed E-state index contributed by atoms with van der Waals surface area (Å²) in [6.07, 6.45) is 3.99. The molecule has 1 aromatic carbocycles. The number of nitrogens with zero attached hydrogens (tertiary/aromatic N) is 3. The van der Waals surface area contributed by atoms with Crippen molar-refractivity contribution < 1.29 is 22.7 Å². The maximum absolute atomic E-state index is 13.1. The summed E-state index contributed by atoms with van der Waals surface area (Å²) >= 11 is 0. The Morgan fingerprint density at radius 2 is 1.78 bits per heavy atom. The molecular formula is C23H37N3O5S. The van der Waals surface area contributed by atoms with Crippen molar-refractivity contribution in [3.05, 3.63) is 18.2 Å². The molecule has 2 aliphatic rings. The molecule has 0 aliphatic carbocycles. The molecule has 9 heteroatoms. The second kappa shape index (κ2) is 11.3. The van der Waals surface area contributed by atoms with Gasteiger partial charge in [-0.1, -0.05) is 26.7 Å². The normalized spacial score (nSPS) is 19.1. The predicted molar refractivity (Wildman–Crippen MR) is 125 cm³/mol. The van der Waals surface area contributed by atoms with Crippen LogP contribution in [0.1, 0.15) is 39.5 Å². The Labute approximate surface area is 192 Å². The molecule has 8 nitrogen and oxygen atoms in total. The average molecular weight is 468 g/mol. The van der Waals surface area contributed by atoms with Crippen LogP contribution in [0.2, 0.25) is 0 Å². The Morgan fingerprint density at radius 3 is 2.38 bits per heavy atom. The summed E-state index contributed by atoms with van der Waals surface area (Å²) < 4.78 is 38.5. The molecule has 2 aliphatic heterocycles. The molecule has 2 heterocycles. The lowest BCUT2D eigenvalue weighted by atomic mass is 9.97. The molecule has 0 aromatic heterocycles. The summed E-state index contributed by atoms with van der Waals surface area (Å²) in [5, 5.41) is 0. The molecule has 180 valence electrons. The number of methoxy groups -OCH3 is 1. The van der Waals surface area contributed by atoms with Crippen molar-refractivity contribution >= 4 is 21.6 Å². The monoisotopic (exact) mass is 467 g/mol. The maximum Gasteiger partial charge on any atom is 0.243 e. The second-order valence-corrected chi connectivity index (χ2v) is 10.3. The minimum atomic E-state index is -3.59. The highest BCUT2D eigenvalue weighted by Gasteiger charge is 2.30. The van der Waals surface area contributed by atoms with E-state index < -0.39 is 10.0 Å². The van der Waals surface area contributed by atoms with E-state index in [0.29, 0.717) is 58.2 Å². The molecule has 1 amide bonds. The van der Waals surface area contributed by atoms with Crippen molar-refractivity contribution in [2.75, 3.05) is 64.5 Å². The first-order valence-electron chi connectivity index (χ1n) is 11.7. The van der Waals surface area contributed by atoms with Crippen LogP contribution in [-0.2, 0) is 19.6 Å². The fourth-order valence-electron chi connectivity index (χ4n) is 4.39. The Hall–Kier alpha value is -1.84. The molecule has 1 atom stereocenters. The molecule has 0 N–H and O–H groups in total. The number of carbonyl (C=O) groups is 1. The Morgan fingerprint density at radius 1 is 1.09 bits per heavy atom. The number of ether oxygens (including phenoxy) is 2. The van der Waals surface area contributed by atoms with E-state index in [9.17, 15) is 13.2 Å². The van der Waals surface area contributed by atoms with E-state index in [-0.39, 0.29) is 16.7 Å². The lowest BCUT2D eigenvalue weighted by Crippen LogP contribution is -2.50. The third-order valence-electron chi connectivity index (χ3n) is 6.44. The predicted octanol–water partition coefficient (Wildman–Crippen LogP) is 2.58. The third kappa shape index (κ3) is 5.55. The molecule has 2 saturated heterocycles. The molecule has 0 radical (unpaired) electrons. The first-order chi connectivity index (χ1) is 15.4. The summed E-state index contributed by atoms with van der Waals surface area (Å²) in [5.74, 6) is 0.981. The van der Waals surface area contributed by atoms with Crippen LogP contribution in [0.3, 0.4) is 0 Å². The van der Waals surface area contributed by atoms with Crippen LogP contribution in [0.25, 0.3) is 0 Å². The molecule has 0 bridgehead atoms. The lowest BCUT2D eigenvalue weighted by Gasteiger charge is -2.38. The molecule has 32 heavy (non-hydrogen) atoms. The van der Waals surface area contributed by atoms with E-state index in [1.54, 1.807) is 25.3 Å². The quantitative estimate of drug-likeness (QED) is 0.555. The van der Waals surface area contributed by atoms with Gasteiger partial charge in [-0.2, -0.15) is 4.31 Å². The van der Waals surface area contributed by atoms with Gasteiger partial charge in [0.05, 0.1) is 30.9 Å². The number of morpholine rings is 1. The topological polar surface area (TPSA) is 79.4 Å². The van der Waals surface area contributed by atoms with Crippen molar-refractivity contribution in [3.63, 3.8) is 0 Å². The molecule has 0 saturated carbocycles. The molecule has 0 unspecified atom stereocenters. The van der Waals surface area contributed by atoms with Gasteiger partial charge in [-0.25, -0.2) is 8.42 Å². The molecule has 1 aromatic rings. The summed E-state index contributed by atoms with van der Waals surface area (Å²) in [4.78, 5) is 17.3. The highest BCUT2D eigenvalue weighted by atomic mass is 32.2. The molecule has 3 rings (SSSR count). The maximum atomic E-state index is 13.1. The van der Waals surface area contributed by atoms with E-state index >= 15 is 0 Å². The zero-order valence-corrected chi connectivity index (χ0v) is 20.4. The van der Waals surface area contributed by atoms with Gasteiger partial charge in [0, 0.05) is 45.2 Å². The summed E-state index contributed by atoms with van der Waals surface area (Å²) in [5.41, 5.74) is 0.756. The van der Waals surface area contributed by atoms with Gasteiger partial charge in [0.25, 0.3) is 0 Å². The van der Waals surface area contributed by atoms with Gasteiger partial charge in [-0.3, -0.25) is 4.79 Å². The zero-order chi connectivity index (χ0) is 23.1. The van der Waals surface area contributed by atoms with Crippen LogP contribution >= 0.6 is 0 Å². The number of hydrogen-bond acceptors (Lipinski definition) is 6. The van der Waals surface area contributed by atoms with Crippen LogP contribution in [0, 0.1) is 5.92 Å². The number of hydrogen-bond donors (Lipinski definition) is 0. The van der Waals surface area contributed by atoms with Gasteiger partial charge < -0.3 is 19.3 Å². The highest BCUT2D eigenvalue weighted by Crippen LogP contribution is 2.33. The van der Waals surface area contributed by atoms with Crippen LogP contribution < -0.4 is 9.64 Å². The van der Waals surface area contributed by atoms with Gasteiger partial charge in [-0.15, -0.1) is 0 Å². The number of benzene rings is 1. The largest absolute Gasteiger partial charge is 0.495 e. The number of anilines is 1. The first-order valence-corrected chi connectivity index (χ1v) is 13.2. The Balaban J connectivity index is 1.73. The summed E-state index contributed by atoms with van der Waals surface area (Å²) in [6, 6.07) is 5.03. The molecular weight excluding hydrogens is 430 g/mol. The SMILES string of the molecule is CCCC[C@@H](CC)C(=O)N1CCN(c2cc(S(=O)(=O)N3CCOCC3)ccc2OC)CC1.